The molecule has 2 heteroatoms. The minimum Gasteiger partial charge on any atom is -0.494 e. The number of nitrogens with one attached hydrogen (secondary N) is 1. The van der Waals surface area contributed by atoms with Crippen molar-refractivity contribution in [3.05, 3.63) is 29.3 Å². The van der Waals surface area contributed by atoms with Crippen LogP contribution in [0.25, 0.3) is 0 Å². The first-order valence-corrected chi connectivity index (χ1v) is 8.63. The summed E-state index contributed by atoms with van der Waals surface area (Å²) in [5.74, 6) is 1.59. The molecule has 0 unspecified atom stereocenters. The van der Waals surface area contributed by atoms with E-state index < -0.39 is 0 Å². The van der Waals surface area contributed by atoms with E-state index >= 15 is 0 Å². The van der Waals surface area contributed by atoms with E-state index in [0.717, 1.165) is 31.4 Å². The van der Waals surface area contributed by atoms with Gasteiger partial charge in [-0.25, -0.2) is 0 Å². The zero-order valence-corrected chi connectivity index (χ0v) is 14.0. The molecule has 0 saturated heterocycles. The maximum atomic E-state index is 5.87. The van der Waals surface area contributed by atoms with Crippen LogP contribution in [0, 0.1) is 6.92 Å². The quantitative estimate of drug-likeness (QED) is 0.727. The van der Waals surface area contributed by atoms with Crippen LogP contribution in [0.1, 0.15) is 69.4 Å². The molecule has 1 aromatic carbocycles. The van der Waals surface area contributed by atoms with Crippen LogP contribution in [0.4, 0.5) is 0 Å². The summed E-state index contributed by atoms with van der Waals surface area (Å²) in [4.78, 5) is 0. The normalized spacial score (nSPS) is 16.4. The fourth-order valence-corrected chi connectivity index (χ4v) is 3.26. The van der Waals surface area contributed by atoms with Crippen LogP contribution in [-0.4, -0.2) is 19.2 Å². The Morgan fingerprint density at radius 3 is 2.62 bits per heavy atom. The zero-order valence-electron chi connectivity index (χ0n) is 14.0. The lowest BCUT2D eigenvalue weighted by molar-refractivity contribution is 0.296. The number of ether oxygens (including phenoxy) is 1. The Morgan fingerprint density at radius 2 is 1.95 bits per heavy atom. The molecule has 0 aliphatic heterocycles. The van der Waals surface area contributed by atoms with Gasteiger partial charge in [-0.15, -0.1) is 0 Å². The predicted molar refractivity (Wildman–Crippen MR) is 90.3 cm³/mol. The molecule has 0 aromatic heterocycles. The first-order valence-electron chi connectivity index (χ1n) is 8.63. The lowest BCUT2D eigenvalue weighted by Gasteiger charge is -2.22. The van der Waals surface area contributed by atoms with E-state index in [9.17, 15) is 0 Å². The summed E-state index contributed by atoms with van der Waals surface area (Å²) >= 11 is 0. The molecule has 1 aliphatic carbocycles. The molecule has 1 aliphatic rings. The Morgan fingerprint density at radius 1 is 1.19 bits per heavy atom. The highest BCUT2D eigenvalue weighted by molar-refractivity contribution is 5.36. The molecular formula is C19H31NO. The van der Waals surface area contributed by atoms with Crippen LogP contribution >= 0.6 is 0 Å². The van der Waals surface area contributed by atoms with Crippen LogP contribution in [0.15, 0.2) is 18.2 Å². The molecule has 1 aromatic rings. The highest BCUT2D eigenvalue weighted by Gasteiger charge is 2.11. The van der Waals surface area contributed by atoms with Gasteiger partial charge < -0.3 is 10.1 Å². The molecule has 0 heterocycles. The van der Waals surface area contributed by atoms with Gasteiger partial charge in [0.05, 0.1) is 6.61 Å². The second-order valence-corrected chi connectivity index (χ2v) is 6.66. The van der Waals surface area contributed by atoms with Crippen molar-refractivity contribution in [3.63, 3.8) is 0 Å². The minimum absolute atomic E-state index is 0.582. The van der Waals surface area contributed by atoms with Gasteiger partial charge in [0.1, 0.15) is 5.75 Å². The van der Waals surface area contributed by atoms with Crippen molar-refractivity contribution in [1.29, 1.82) is 0 Å². The Kier molecular flexibility index (Phi) is 6.56. The number of hydrogen-bond acceptors (Lipinski definition) is 2. The van der Waals surface area contributed by atoms with Crippen LogP contribution in [0.5, 0.6) is 5.75 Å². The lowest BCUT2D eigenvalue weighted by Crippen LogP contribution is -2.32. The second kappa shape index (κ2) is 8.43. The van der Waals surface area contributed by atoms with Crippen molar-refractivity contribution in [1.82, 2.24) is 5.32 Å². The first-order chi connectivity index (χ1) is 10.2. The molecule has 1 saturated carbocycles. The Balaban J connectivity index is 1.65. The molecule has 2 nitrogen and oxygen atoms in total. The van der Waals surface area contributed by atoms with Crippen LogP contribution in [0.3, 0.4) is 0 Å². The SMILES string of the molecule is Cc1cc(OCCCNC2CCCCC2)ccc1C(C)C. The summed E-state index contributed by atoms with van der Waals surface area (Å²) in [6, 6.07) is 7.24. The fraction of sp³-hybridized carbons (Fsp3) is 0.684. The summed E-state index contributed by atoms with van der Waals surface area (Å²) in [5, 5.41) is 3.66. The number of benzene rings is 1. The van der Waals surface area contributed by atoms with Crippen LogP contribution in [0.2, 0.25) is 0 Å². The Hall–Kier alpha value is -1.02. The van der Waals surface area contributed by atoms with E-state index in [-0.39, 0.29) is 0 Å². The van der Waals surface area contributed by atoms with Gasteiger partial charge in [-0.1, -0.05) is 39.2 Å². The lowest BCUT2D eigenvalue weighted by atomic mass is 9.95. The van der Waals surface area contributed by atoms with Gasteiger partial charge in [-0.05, 0) is 61.9 Å². The van der Waals surface area contributed by atoms with Crippen LogP contribution in [-0.2, 0) is 0 Å². The Bertz CT molecular complexity index is 422. The maximum Gasteiger partial charge on any atom is 0.119 e. The van der Waals surface area contributed by atoms with E-state index in [2.05, 4.69) is 44.3 Å². The molecule has 118 valence electrons. The standard InChI is InChI=1S/C19H31NO/c1-15(2)19-11-10-18(14-16(19)3)21-13-7-12-20-17-8-5-4-6-9-17/h10-11,14-15,17,20H,4-9,12-13H2,1-3H3. The van der Waals surface area contributed by atoms with Crippen molar-refractivity contribution in [2.45, 2.75) is 71.3 Å². The van der Waals surface area contributed by atoms with Gasteiger partial charge in [-0.2, -0.15) is 0 Å². The summed E-state index contributed by atoms with van der Waals surface area (Å²) in [6.45, 7) is 8.53. The molecule has 0 amide bonds. The highest BCUT2D eigenvalue weighted by atomic mass is 16.5. The molecule has 1 N–H and O–H groups in total. The van der Waals surface area contributed by atoms with Crippen molar-refractivity contribution in [2.75, 3.05) is 13.2 Å². The van der Waals surface area contributed by atoms with Crippen molar-refractivity contribution in [3.8, 4) is 5.75 Å². The molecule has 21 heavy (non-hydrogen) atoms. The largest absolute Gasteiger partial charge is 0.494 e. The summed E-state index contributed by atoms with van der Waals surface area (Å²) in [5.41, 5.74) is 2.75. The van der Waals surface area contributed by atoms with Crippen LogP contribution < -0.4 is 10.1 Å². The molecule has 0 spiro atoms. The molecule has 1 fully saturated rings. The third-order valence-electron chi connectivity index (χ3n) is 4.49. The van der Waals surface area contributed by atoms with Gasteiger partial charge in [0.15, 0.2) is 0 Å². The van der Waals surface area contributed by atoms with Crippen molar-refractivity contribution >= 4 is 0 Å². The van der Waals surface area contributed by atoms with Gasteiger partial charge in [0.25, 0.3) is 0 Å². The third kappa shape index (κ3) is 5.35. The Labute approximate surface area is 130 Å². The molecule has 0 radical (unpaired) electrons. The molecular weight excluding hydrogens is 258 g/mol. The van der Waals surface area contributed by atoms with E-state index in [4.69, 9.17) is 4.74 Å². The number of rotatable bonds is 7. The maximum absolute atomic E-state index is 5.87. The van der Waals surface area contributed by atoms with Crippen molar-refractivity contribution < 1.29 is 4.74 Å². The average molecular weight is 289 g/mol. The van der Waals surface area contributed by atoms with E-state index in [0.29, 0.717) is 5.92 Å². The predicted octanol–water partition coefficient (Wildman–Crippen LogP) is 4.81. The van der Waals surface area contributed by atoms with Gasteiger partial charge in [0.2, 0.25) is 0 Å². The van der Waals surface area contributed by atoms with Gasteiger partial charge >= 0.3 is 0 Å². The minimum atomic E-state index is 0.582. The highest BCUT2D eigenvalue weighted by Crippen LogP contribution is 2.23. The molecule has 0 bridgehead atoms. The summed E-state index contributed by atoms with van der Waals surface area (Å²) in [7, 11) is 0. The fourth-order valence-electron chi connectivity index (χ4n) is 3.26. The van der Waals surface area contributed by atoms with Crippen molar-refractivity contribution in [2.24, 2.45) is 0 Å². The van der Waals surface area contributed by atoms with E-state index in [1.807, 2.05) is 0 Å². The second-order valence-electron chi connectivity index (χ2n) is 6.66. The van der Waals surface area contributed by atoms with E-state index in [1.54, 1.807) is 0 Å². The smallest absolute Gasteiger partial charge is 0.119 e. The topological polar surface area (TPSA) is 21.3 Å². The zero-order chi connectivity index (χ0) is 15.1. The number of hydrogen-bond donors (Lipinski definition) is 1. The third-order valence-corrected chi connectivity index (χ3v) is 4.49. The monoisotopic (exact) mass is 289 g/mol. The summed E-state index contributed by atoms with van der Waals surface area (Å²) in [6.07, 6.45) is 8.02. The summed E-state index contributed by atoms with van der Waals surface area (Å²) < 4.78 is 5.87. The number of aryl methyl sites for hydroxylation is 1. The average Bonchev–Trinajstić information content (AvgIpc) is 2.47. The molecule has 2 rings (SSSR count). The van der Waals surface area contributed by atoms with E-state index in [1.165, 1.54) is 43.2 Å². The van der Waals surface area contributed by atoms with Gasteiger partial charge in [0, 0.05) is 6.04 Å². The van der Waals surface area contributed by atoms with Gasteiger partial charge in [-0.3, -0.25) is 0 Å². The first kappa shape index (κ1) is 16.4. The molecule has 0 atom stereocenters.